The average Bonchev–Trinajstić information content (AvgIpc) is 3.27. The molecule has 0 aliphatic carbocycles. The van der Waals surface area contributed by atoms with E-state index in [1.807, 2.05) is 30.3 Å². The molecule has 1 N–H and O–H groups in total. The van der Waals surface area contributed by atoms with Crippen LogP contribution in [0.15, 0.2) is 72.9 Å². The Bertz CT molecular complexity index is 1500. The molecular formula is C28H22ClN3O4S. The van der Waals surface area contributed by atoms with Gasteiger partial charge in [-0.05, 0) is 67.4 Å². The lowest BCUT2D eigenvalue weighted by atomic mass is 10.1. The lowest BCUT2D eigenvalue weighted by Gasteiger charge is -2.23. The van der Waals surface area contributed by atoms with Gasteiger partial charge in [0.15, 0.2) is 0 Å². The molecule has 0 saturated heterocycles. The van der Waals surface area contributed by atoms with E-state index in [0.717, 1.165) is 21.7 Å². The standard InChI is InChI=1S/C28H22ClN3O4S/c1-2-36-28(35)23-16-18-13-15-32(22-8-4-3-6-20(22)24(18)37-23)27(34)17-9-11-19(12-10-17)31-26(33)21-7-5-14-30-25(21)29/h3-12,14,16H,2,13,15H2,1H3,(H,31,33). The molecule has 37 heavy (non-hydrogen) atoms. The van der Waals surface area contributed by atoms with Crippen LogP contribution in [-0.4, -0.2) is 35.9 Å². The molecule has 7 nitrogen and oxygen atoms in total. The summed E-state index contributed by atoms with van der Waals surface area (Å²) in [5.41, 5.74) is 4.00. The number of carbonyl (C=O) groups excluding carboxylic acids is 3. The molecule has 5 rings (SSSR count). The maximum Gasteiger partial charge on any atom is 0.348 e. The summed E-state index contributed by atoms with van der Waals surface area (Å²) in [7, 11) is 0. The Kier molecular flexibility index (Phi) is 7.03. The molecule has 2 aromatic carbocycles. The Balaban J connectivity index is 1.38. The highest BCUT2D eigenvalue weighted by atomic mass is 35.5. The minimum Gasteiger partial charge on any atom is -0.462 e. The second-order valence-electron chi connectivity index (χ2n) is 8.28. The van der Waals surface area contributed by atoms with Gasteiger partial charge >= 0.3 is 5.97 Å². The number of hydrogen-bond acceptors (Lipinski definition) is 6. The number of hydrogen-bond donors (Lipinski definition) is 1. The molecule has 3 heterocycles. The topological polar surface area (TPSA) is 88.6 Å². The molecule has 9 heteroatoms. The Hall–Kier alpha value is -4.01. The number of nitrogens with zero attached hydrogens (tertiary/aromatic N) is 2. The zero-order valence-corrected chi connectivity index (χ0v) is 21.4. The van der Waals surface area contributed by atoms with Crippen LogP contribution in [0.3, 0.4) is 0 Å². The quantitative estimate of drug-likeness (QED) is 0.248. The van der Waals surface area contributed by atoms with Gasteiger partial charge in [-0.15, -0.1) is 11.3 Å². The number of nitrogens with one attached hydrogen (secondary N) is 1. The average molecular weight is 532 g/mol. The van der Waals surface area contributed by atoms with E-state index in [4.69, 9.17) is 16.3 Å². The van der Waals surface area contributed by atoms with Gasteiger partial charge in [0.2, 0.25) is 0 Å². The number of anilines is 2. The first kappa shape index (κ1) is 24.7. The summed E-state index contributed by atoms with van der Waals surface area (Å²) in [6.45, 7) is 2.56. The highest BCUT2D eigenvalue weighted by Gasteiger charge is 2.27. The largest absolute Gasteiger partial charge is 0.462 e. The van der Waals surface area contributed by atoms with E-state index < -0.39 is 0 Å². The zero-order chi connectivity index (χ0) is 25.9. The van der Waals surface area contributed by atoms with Crippen molar-refractivity contribution in [2.75, 3.05) is 23.4 Å². The number of ether oxygens (including phenoxy) is 1. The van der Waals surface area contributed by atoms with Crippen molar-refractivity contribution in [3.63, 3.8) is 0 Å². The van der Waals surface area contributed by atoms with Gasteiger partial charge in [0.05, 0.1) is 17.9 Å². The summed E-state index contributed by atoms with van der Waals surface area (Å²) in [4.78, 5) is 45.6. The molecule has 2 aromatic heterocycles. The van der Waals surface area contributed by atoms with Crippen LogP contribution in [0.1, 0.15) is 42.9 Å². The van der Waals surface area contributed by atoms with E-state index >= 15 is 0 Å². The molecule has 0 saturated carbocycles. The predicted molar refractivity (Wildman–Crippen MR) is 145 cm³/mol. The number of thiophene rings is 1. The van der Waals surface area contributed by atoms with E-state index in [2.05, 4.69) is 10.3 Å². The van der Waals surface area contributed by atoms with Crippen LogP contribution in [0.2, 0.25) is 5.15 Å². The Morgan fingerprint density at radius 2 is 1.86 bits per heavy atom. The number of esters is 1. The molecule has 2 amide bonds. The highest BCUT2D eigenvalue weighted by molar-refractivity contribution is 7.17. The number of rotatable bonds is 5. The van der Waals surface area contributed by atoms with E-state index in [9.17, 15) is 14.4 Å². The highest BCUT2D eigenvalue weighted by Crippen LogP contribution is 2.42. The van der Waals surface area contributed by atoms with E-state index in [-0.39, 0.29) is 28.5 Å². The van der Waals surface area contributed by atoms with E-state index in [1.54, 1.807) is 48.2 Å². The first-order valence-electron chi connectivity index (χ1n) is 11.7. The van der Waals surface area contributed by atoms with Crippen LogP contribution in [0.5, 0.6) is 0 Å². The number of benzene rings is 2. The molecule has 0 fully saturated rings. The minimum absolute atomic E-state index is 0.120. The Morgan fingerprint density at radius 1 is 1.08 bits per heavy atom. The van der Waals surface area contributed by atoms with Crippen molar-refractivity contribution in [2.45, 2.75) is 13.3 Å². The van der Waals surface area contributed by atoms with Crippen LogP contribution in [-0.2, 0) is 11.2 Å². The fraction of sp³-hybridized carbons (Fsp3) is 0.143. The minimum atomic E-state index is -0.382. The van der Waals surface area contributed by atoms with Crippen molar-refractivity contribution in [1.82, 2.24) is 4.98 Å². The van der Waals surface area contributed by atoms with Crippen molar-refractivity contribution < 1.29 is 19.1 Å². The third-order valence-corrected chi connectivity index (χ3v) is 7.46. The van der Waals surface area contributed by atoms with Gasteiger partial charge < -0.3 is 15.0 Å². The summed E-state index contributed by atoms with van der Waals surface area (Å²) < 4.78 is 5.18. The number of para-hydroxylation sites is 1. The summed E-state index contributed by atoms with van der Waals surface area (Å²) in [6.07, 6.45) is 2.12. The van der Waals surface area contributed by atoms with Gasteiger partial charge in [-0.1, -0.05) is 29.8 Å². The second kappa shape index (κ2) is 10.5. The monoisotopic (exact) mass is 531 g/mol. The van der Waals surface area contributed by atoms with Gasteiger partial charge in [0.25, 0.3) is 11.8 Å². The predicted octanol–water partition coefficient (Wildman–Crippen LogP) is 6.10. The molecule has 0 bridgehead atoms. The third kappa shape index (κ3) is 4.98. The maximum atomic E-state index is 13.6. The van der Waals surface area contributed by atoms with Crippen LogP contribution < -0.4 is 10.2 Å². The van der Waals surface area contributed by atoms with Crippen LogP contribution >= 0.6 is 22.9 Å². The normalized spacial score (nSPS) is 12.2. The molecular weight excluding hydrogens is 510 g/mol. The van der Waals surface area contributed by atoms with Crippen molar-refractivity contribution in [3.8, 4) is 10.4 Å². The van der Waals surface area contributed by atoms with Gasteiger partial charge in [0.1, 0.15) is 10.0 Å². The van der Waals surface area contributed by atoms with Gasteiger partial charge in [-0.25, -0.2) is 9.78 Å². The van der Waals surface area contributed by atoms with Crippen molar-refractivity contribution in [2.24, 2.45) is 0 Å². The van der Waals surface area contributed by atoms with Crippen molar-refractivity contribution in [1.29, 1.82) is 0 Å². The second-order valence-corrected chi connectivity index (χ2v) is 9.69. The Morgan fingerprint density at radius 3 is 2.62 bits per heavy atom. The summed E-state index contributed by atoms with van der Waals surface area (Å²) in [5, 5.41) is 2.90. The number of aromatic nitrogens is 1. The zero-order valence-electron chi connectivity index (χ0n) is 19.9. The molecule has 1 aliphatic heterocycles. The number of fused-ring (bicyclic) bond motifs is 3. The molecule has 0 atom stereocenters. The van der Waals surface area contributed by atoms with Gasteiger partial charge in [0, 0.05) is 34.4 Å². The number of pyridine rings is 1. The maximum absolute atomic E-state index is 13.6. The first-order valence-corrected chi connectivity index (χ1v) is 12.9. The van der Waals surface area contributed by atoms with Gasteiger partial charge in [-0.3, -0.25) is 9.59 Å². The Labute approximate surface area is 222 Å². The third-order valence-electron chi connectivity index (χ3n) is 5.97. The van der Waals surface area contributed by atoms with Crippen LogP contribution in [0, 0.1) is 0 Å². The number of carbonyl (C=O) groups is 3. The molecule has 0 unspecified atom stereocenters. The van der Waals surface area contributed by atoms with Crippen LogP contribution in [0.4, 0.5) is 11.4 Å². The van der Waals surface area contributed by atoms with Crippen molar-refractivity contribution >= 4 is 52.1 Å². The van der Waals surface area contributed by atoms with Crippen molar-refractivity contribution in [3.05, 3.63) is 99.6 Å². The molecule has 4 aromatic rings. The first-order chi connectivity index (χ1) is 18.0. The van der Waals surface area contributed by atoms with Crippen LogP contribution in [0.25, 0.3) is 10.4 Å². The summed E-state index contributed by atoms with van der Waals surface area (Å²) in [6, 6.07) is 19.5. The molecule has 1 aliphatic rings. The fourth-order valence-corrected chi connectivity index (χ4v) is 5.56. The summed E-state index contributed by atoms with van der Waals surface area (Å²) >= 11 is 7.40. The summed E-state index contributed by atoms with van der Waals surface area (Å²) in [5.74, 6) is -0.864. The van der Waals surface area contributed by atoms with E-state index in [0.29, 0.717) is 35.7 Å². The smallest absolute Gasteiger partial charge is 0.348 e. The number of amides is 2. The SMILES string of the molecule is CCOC(=O)c1cc2c(s1)-c1ccccc1N(C(=O)c1ccc(NC(=O)c3cccnc3Cl)cc1)CC2. The number of halogens is 1. The molecule has 0 spiro atoms. The lowest BCUT2D eigenvalue weighted by Crippen LogP contribution is -2.32. The molecule has 186 valence electrons. The fourth-order valence-electron chi connectivity index (χ4n) is 4.22. The lowest BCUT2D eigenvalue weighted by molar-refractivity contribution is 0.0531. The van der Waals surface area contributed by atoms with Gasteiger partial charge in [-0.2, -0.15) is 0 Å². The van der Waals surface area contributed by atoms with E-state index in [1.165, 1.54) is 17.5 Å². The molecule has 0 radical (unpaired) electrons.